The summed E-state index contributed by atoms with van der Waals surface area (Å²) >= 11 is 3.55. The van der Waals surface area contributed by atoms with Crippen molar-refractivity contribution in [3.05, 3.63) is 28.2 Å². The minimum atomic E-state index is 0.0383. The first-order valence-corrected chi connectivity index (χ1v) is 8.05. The second kappa shape index (κ2) is 8.60. The van der Waals surface area contributed by atoms with Gasteiger partial charge in [-0.1, -0.05) is 55.1 Å². The summed E-state index contributed by atoms with van der Waals surface area (Å²) in [6.45, 7) is 7.26. The molecular formula is C16H26BrNO. The molecule has 0 aliphatic carbocycles. The fourth-order valence-electron chi connectivity index (χ4n) is 2.08. The molecule has 2 unspecified atom stereocenters. The first kappa shape index (κ1) is 16.5. The number of unbranched alkanes of at least 4 members (excludes halogenated alkanes) is 1. The lowest BCUT2D eigenvalue weighted by atomic mass is 10.0. The van der Waals surface area contributed by atoms with Crippen LogP contribution in [0.15, 0.2) is 22.7 Å². The van der Waals surface area contributed by atoms with Crippen LogP contribution in [0.2, 0.25) is 0 Å². The molecule has 0 amide bonds. The van der Waals surface area contributed by atoms with E-state index in [0.717, 1.165) is 22.4 Å². The Kier molecular flexibility index (Phi) is 7.47. The summed E-state index contributed by atoms with van der Waals surface area (Å²) in [6.07, 6.45) is 4.98. The van der Waals surface area contributed by atoms with E-state index in [9.17, 15) is 0 Å². The van der Waals surface area contributed by atoms with Crippen molar-refractivity contribution in [2.75, 3.05) is 6.61 Å². The lowest BCUT2D eigenvalue weighted by Gasteiger charge is -2.16. The summed E-state index contributed by atoms with van der Waals surface area (Å²) in [5, 5.41) is 0. The molecule has 0 aliphatic rings. The topological polar surface area (TPSA) is 35.2 Å². The SMILES string of the molecule is CCCCC(CC)COc1ccc(C(C)N)c(Br)c1. The Hall–Kier alpha value is -0.540. The van der Waals surface area contributed by atoms with Crippen molar-refractivity contribution < 1.29 is 4.74 Å². The highest BCUT2D eigenvalue weighted by molar-refractivity contribution is 9.10. The Labute approximate surface area is 125 Å². The second-order valence-corrected chi connectivity index (χ2v) is 6.05. The standard InChI is InChI=1S/C16H26BrNO/c1-4-6-7-13(5-2)11-19-14-8-9-15(12(3)18)16(17)10-14/h8-10,12-13H,4-7,11,18H2,1-3H3. The third-order valence-corrected chi connectivity index (χ3v) is 4.18. The highest BCUT2D eigenvalue weighted by atomic mass is 79.9. The van der Waals surface area contributed by atoms with E-state index >= 15 is 0 Å². The number of hydrogen-bond donors (Lipinski definition) is 1. The van der Waals surface area contributed by atoms with Crippen LogP contribution in [-0.4, -0.2) is 6.61 Å². The Morgan fingerprint density at radius 3 is 2.58 bits per heavy atom. The van der Waals surface area contributed by atoms with E-state index in [2.05, 4.69) is 29.8 Å². The van der Waals surface area contributed by atoms with E-state index in [0.29, 0.717) is 5.92 Å². The molecule has 0 bridgehead atoms. The lowest BCUT2D eigenvalue weighted by Crippen LogP contribution is -2.11. The molecule has 108 valence electrons. The van der Waals surface area contributed by atoms with E-state index < -0.39 is 0 Å². The number of halogens is 1. The van der Waals surface area contributed by atoms with Crippen LogP contribution in [0.3, 0.4) is 0 Å². The molecule has 0 aromatic heterocycles. The molecule has 19 heavy (non-hydrogen) atoms. The quantitative estimate of drug-likeness (QED) is 0.723. The summed E-state index contributed by atoms with van der Waals surface area (Å²) in [4.78, 5) is 0. The van der Waals surface area contributed by atoms with Crippen molar-refractivity contribution >= 4 is 15.9 Å². The maximum atomic E-state index is 5.90. The summed E-state index contributed by atoms with van der Waals surface area (Å²) in [5.74, 6) is 1.58. The second-order valence-electron chi connectivity index (χ2n) is 5.20. The Bertz CT molecular complexity index is 379. The first-order chi connectivity index (χ1) is 9.08. The van der Waals surface area contributed by atoms with Gasteiger partial charge in [-0.05, 0) is 37.0 Å². The van der Waals surface area contributed by atoms with E-state index in [1.165, 1.54) is 25.7 Å². The third-order valence-electron chi connectivity index (χ3n) is 3.49. The average molecular weight is 328 g/mol. The van der Waals surface area contributed by atoms with Crippen LogP contribution in [0.5, 0.6) is 5.75 Å². The van der Waals surface area contributed by atoms with Gasteiger partial charge in [-0.25, -0.2) is 0 Å². The van der Waals surface area contributed by atoms with Gasteiger partial charge in [0.05, 0.1) is 6.61 Å². The van der Waals surface area contributed by atoms with Gasteiger partial charge >= 0.3 is 0 Å². The molecule has 0 spiro atoms. The zero-order chi connectivity index (χ0) is 14.3. The van der Waals surface area contributed by atoms with Gasteiger partial charge in [-0.2, -0.15) is 0 Å². The van der Waals surface area contributed by atoms with Crippen LogP contribution in [0.1, 0.15) is 58.1 Å². The van der Waals surface area contributed by atoms with Gasteiger partial charge in [0.25, 0.3) is 0 Å². The van der Waals surface area contributed by atoms with Crippen LogP contribution in [0.25, 0.3) is 0 Å². The van der Waals surface area contributed by atoms with E-state index in [4.69, 9.17) is 10.5 Å². The van der Waals surface area contributed by atoms with Crippen LogP contribution in [0.4, 0.5) is 0 Å². The Morgan fingerprint density at radius 1 is 1.32 bits per heavy atom. The number of hydrogen-bond acceptors (Lipinski definition) is 2. The van der Waals surface area contributed by atoms with Gasteiger partial charge in [0.1, 0.15) is 5.75 Å². The smallest absolute Gasteiger partial charge is 0.120 e. The predicted molar refractivity (Wildman–Crippen MR) is 85.5 cm³/mol. The molecule has 2 atom stereocenters. The molecule has 1 aromatic rings. The summed E-state index contributed by atoms with van der Waals surface area (Å²) in [6, 6.07) is 6.11. The van der Waals surface area contributed by atoms with Crippen molar-refractivity contribution in [3.63, 3.8) is 0 Å². The summed E-state index contributed by atoms with van der Waals surface area (Å²) < 4.78 is 6.93. The van der Waals surface area contributed by atoms with Crippen molar-refractivity contribution in [3.8, 4) is 5.75 Å². The number of benzene rings is 1. The highest BCUT2D eigenvalue weighted by Gasteiger charge is 2.09. The van der Waals surface area contributed by atoms with Gasteiger partial charge in [0.15, 0.2) is 0 Å². The van der Waals surface area contributed by atoms with Gasteiger partial charge in [0, 0.05) is 10.5 Å². The molecule has 2 N–H and O–H groups in total. The average Bonchev–Trinajstić information content (AvgIpc) is 2.38. The number of ether oxygens (including phenoxy) is 1. The fraction of sp³-hybridized carbons (Fsp3) is 0.625. The maximum Gasteiger partial charge on any atom is 0.120 e. The number of rotatable bonds is 8. The van der Waals surface area contributed by atoms with Crippen molar-refractivity contribution in [1.82, 2.24) is 0 Å². The molecule has 0 saturated carbocycles. The van der Waals surface area contributed by atoms with Gasteiger partial charge < -0.3 is 10.5 Å². The monoisotopic (exact) mass is 327 g/mol. The maximum absolute atomic E-state index is 5.90. The first-order valence-electron chi connectivity index (χ1n) is 7.26. The molecule has 1 rings (SSSR count). The van der Waals surface area contributed by atoms with Crippen LogP contribution in [0, 0.1) is 5.92 Å². The summed E-state index contributed by atoms with van der Waals surface area (Å²) in [7, 11) is 0. The zero-order valence-electron chi connectivity index (χ0n) is 12.3. The minimum Gasteiger partial charge on any atom is -0.493 e. The predicted octanol–water partition coefficient (Wildman–Crippen LogP) is 5.06. The minimum absolute atomic E-state index is 0.0383. The van der Waals surface area contributed by atoms with E-state index in [-0.39, 0.29) is 6.04 Å². The van der Waals surface area contributed by atoms with Crippen molar-refractivity contribution in [2.24, 2.45) is 11.7 Å². The molecule has 0 aliphatic heterocycles. The highest BCUT2D eigenvalue weighted by Crippen LogP contribution is 2.27. The van der Waals surface area contributed by atoms with Crippen LogP contribution in [-0.2, 0) is 0 Å². The Balaban J connectivity index is 2.55. The molecule has 0 radical (unpaired) electrons. The zero-order valence-corrected chi connectivity index (χ0v) is 13.9. The number of nitrogens with two attached hydrogens (primary N) is 1. The molecule has 1 aromatic carbocycles. The molecule has 3 heteroatoms. The summed E-state index contributed by atoms with van der Waals surface area (Å²) in [5.41, 5.74) is 7.01. The van der Waals surface area contributed by atoms with Gasteiger partial charge in [-0.15, -0.1) is 0 Å². The van der Waals surface area contributed by atoms with Crippen LogP contribution >= 0.6 is 15.9 Å². The largest absolute Gasteiger partial charge is 0.493 e. The molecule has 0 saturated heterocycles. The van der Waals surface area contributed by atoms with E-state index in [1.54, 1.807) is 0 Å². The van der Waals surface area contributed by atoms with Gasteiger partial charge in [-0.3, -0.25) is 0 Å². The molecule has 2 nitrogen and oxygen atoms in total. The molecular weight excluding hydrogens is 302 g/mol. The van der Waals surface area contributed by atoms with Crippen molar-refractivity contribution in [1.29, 1.82) is 0 Å². The molecule has 0 heterocycles. The third kappa shape index (κ3) is 5.53. The van der Waals surface area contributed by atoms with E-state index in [1.807, 2.05) is 25.1 Å². The normalized spacial score (nSPS) is 14.2. The Morgan fingerprint density at radius 2 is 2.05 bits per heavy atom. The lowest BCUT2D eigenvalue weighted by molar-refractivity contribution is 0.233. The van der Waals surface area contributed by atoms with Crippen LogP contribution < -0.4 is 10.5 Å². The van der Waals surface area contributed by atoms with Crippen molar-refractivity contribution in [2.45, 2.75) is 52.5 Å². The van der Waals surface area contributed by atoms with Gasteiger partial charge in [0.2, 0.25) is 0 Å². The fourth-order valence-corrected chi connectivity index (χ4v) is 2.80. The molecule has 0 fully saturated rings.